The van der Waals surface area contributed by atoms with E-state index in [0.717, 1.165) is 5.56 Å². The lowest BCUT2D eigenvalue weighted by Gasteiger charge is -2.04. The van der Waals surface area contributed by atoms with E-state index in [1.807, 2.05) is 16.8 Å². The van der Waals surface area contributed by atoms with Crippen molar-refractivity contribution in [2.75, 3.05) is 7.11 Å². The molecule has 18 heavy (non-hydrogen) atoms. The van der Waals surface area contributed by atoms with Gasteiger partial charge in [-0.15, -0.1) is 0 Å². The Morgan fingerprint density at radius 1 is 1.39 bits per heavy atom. The molecule has 0 radical (unpaired) electrons. The molecule has 0 atom stereocenters. The Kier molecular flexibility index (Phi) is 3.79. The molecule has 0 bridgehead atoms. The molecule has 0 saturated heterocycles. The van der Waals surface area contributed by atoms with Crippen molar-refractivity contribution in [3.05, 3.63) is 52.2 Å². The van der Waals surface area contributed by atoms with Crippen molar-refractivity contribution in [2.45, 2.75) is 0 Å². The standard InChI is InChI=1S/C14H12O3S/c1-17-14-8-11(3-5-13(14)16)12(15)4-2-10-6-7-18-9-10/h2-9,16H,1H3/b4-2+. The average Bonchev–Trinajstić information content (AvgIpc) is 2.89. The van der Waals surface area contributed by atoms with Crippen LogP contribution in [0.2, 0.25) is 0 Å². The summed E-state index contributed by atoms with van der Waals surface area (Å²) < 4.78 is 4.96. The number of hydrogen-bond acceptors (Lipinski definition) is 4. The van der Waals surface area contributed by atoms with E-state index < -0.39 is 0 Å². The number of rotatable bonds is 4. The van der Waals surface area contributed by atoms with Crippen LogP contribution in [0.25, 0.3) is 6.08 Å². The molecule has 2 aromatic rings. The van der Waals surface area contributed by atoms with Gasteiger partial charge in [-0.1, -0.05) is 6.08 Å². The summed E-state index contributed by atoms with van der Waals surface area (Å²) in [5, 5.41) is 13.4. The van der Waals surface area contributed by atoms with Crippen LogP contribution in [0.5, 0.6) is 11.5 Å². The van der Waals surface area contributed by atoms with Crippen molar-refractivity contribution >= 4 is 23.2 Å². The van der Waals surface area contributed by atoms with Gasteiger partial charge in [0.25, 0.3) is 0 Å². The number of carbonyl (C=O) groups excluding carboxylic acids is 1. The molecule has 0 aliphatic heterocycles. The van der Waals surface area contributed by atoms with Gasteiger partial charge in [-0.2, -0.15) is 11.3 Å². The maximum absolute atomic E-state index is 11.9. The number of methoxy groups -OCH3 is 1. The smallest absolute Gasteiger partial charge is 0.185 e. The summed E-state index contributed by atoms with van der Waals surface area (Å²) >= 11 is 1.58. The van der Waals surface area contributed by atoms with Crippen LogP contribution in [0.3, 0.4) is 0 Å². The Hall–Kier alpha value is -2.07. The molecule has 0 amide bonds. The number of phenols is 1. The topological polar surface area (TPSA) is 46.5 Å². The molecule has 0 aliphatic rings. The predicted octanol–water partition coefficient (Wildman–Crippen LogP) is 3.36. The van der Waals surface area contributed by atoms with Gasteiger partial charge in [0.05, 0.1) is 7.11 Å². The first-order valence-corrected chi connectivity index (χ1v) is 6.26. The number of phenolic OH excluding ortho intramolecular Hbond substituents is 1. The van der Waals surface area contributed by atoms with Gasteiger partial charge in [-0.25, -0.2) is 0 Å². The molecule has 1 heterocycles. The lowest BCUT2D eigenvalue weighted by Crippen LogP contribution is -1.95. The lowest BCUT2D eigenvalue weighted by molar-refractivity contribution is 0.104. The number of benzene rings is 1. The third-order valence-corrected chi connectivity index (χ3v) is 3.14. The summed E-state index contributed by atoms with van der Waals surface area (Å²) in [6.07, 6.45) is 3.27. The van der Waals surface area contributed by atoms with Crippen LogP contribution in [0, 0.1) is 0 Å². The quantitative estimate of drug-likeness (QED) is 0.677. The molecule has 0 saturated carbocycles. The Morgan fingerprint density at radius 2 is 2.22 bits per heavy atom. The Morgan fingerprint density at radius 3 is 2.89 bits per heavy atom. The molecular weight excluding hydrogens is 248 g/mol. The van der Waals surface area contributed by atoms with E-state index in [4.69, 9.17) is 4.74 Å². The number of carbonyl (C=O) groups is 1. The number of ketones is 1. The minimum absolute atomic E-state index is 0.0239. The number of aromatic hydroxyl groups is 1. The fourth-order valence-corrected chi connectivity index (χ4v) is 2.10. The minimum atomic E-state index is -0.125. The van der Waals surface area contributed by atoms with E-state index >= 15 is 0 Å². The van der Waals surface area contributed by atoms with Crippen LogP contribution in [0.1, 0.15) is 15.9 Å². The highest BCUT2D eigenvalue weighted by molar-refractivity contribution is 7.08. The molecule has 92 valence electrons. The molecule has 1 N–H and O–H groups in total. The van der Waals surface area contributed by atoms with E-state index in [1.54, 1.807) is 23.5 Å². The Balaban J connectivity index is 2.19. The molecule has 2 rings (SSSR count). The number of hydrogen-bond donors (Lipinski definition) is 1. The fourth-order valence-electron chi connectivity index (χ4n) is 1.47. The van der Waals surface area contributed by atoms with Crippen molar-refractivity contribution in [1.82, 2.24) is 0 Å². The van der Waals surface area contributed by atoms with Gasteiger partial charge in [0.2, 0.25) is 0 Å². The van der Waals surface area contributed by atoms with E-state index in [2.05, 4.69) is 0 Å². The largest absolute Gasteiger partial charge is 0.504 e. The predicted molar refractivity (Wildman–Crippen MR) is 72.3 cm³/mol. The minimum Gasteiger partial charge on any atom is -0.504 e. The van der Waals surface area contributed by atoms with Crippen molar-refractivity contribution < 1.29 is 14.6 Å². The second kappa shape index (κ2) is 5.51. The van der Waals surface area contributed by atoms with Gasteiger partial charge in [-0.3, -0.25) is 4.79 Å². The third-order valence-electron chi connectivity index (χ3n) is 2.43. The molecular formula is C14H12O3S. The number of allylic oxidation sites excluding steroid dienone is 1. The number of thiophene rings is 1. The summed E-state index contributed by atoms with van der Waals surface area (Å²) in [6.45, 7) is 0. The summed E-state index contributed by atoms with van der Waals surface area (Å²) in [5.41, 5.74) is 1.48. The van der Waals surface area contributed by atoms with Gasteiger partial charge < -0.3 is 9.84 Å². The molecule has 1 aromatic carbocycles. The van der Waals surface area contributed by atoms with Crippen molar-refractivity contribution in [2.24, 2.45) is 0 Å². The summed E-state index contributed by atoms with van der Waals surface area (Å²) in [7, 11) is 1.45. The first kappa shape index (κ1) is 12.4. The van der Waals surface area contributed by atoms with E-state index in [0.29, 0.717) is 11.3 Å². The van der Waals surface area contributed by atoms with Crippen LogP contribution in [-0.2, 0) is 0 Å². The average molecular weight is 260 g/mol. The molecule has 1 aromatic heterocycles. The van der Waals surface area contributed by atoms with Crippen LogP contribution in [-0.4, -0.2) is 18.0 Å². The fraction of sp³-hybridized carbons (Fsp3) is 0.0714. The van der Waals surface area contributed by atoms with E-state index in [-0.39, 0.29) is 11.5 Å². The van der Waals surface area contributed by atoms with Crippen molar-refractivity contribution in [1.29, 1.82) is 0 Å². The SMILES string of the molecule is COc1cc(C(=O)/C=C/c2ccsc2)ccc1O. The van der Waals surface area contributed by atoms with Crippen LogP contribution in [0.15, 0.2) is 41.1 Å². The lowest BCUT2D eigenvalue weighted by atomic mass is 10.1. The summed E-state index contributed by atoms with van der Waals surface area (Å²) in [4.78, 5) is 11.9. The second-order valence-electron chi connectivity index (χ2n) is 3.64. The highest BCUT2D eigenvalue weighted by atomic mass is 32.1. The van der Waals surface area contributed by atoms with Gasteiger partial charge in [-0.05, 0) is 46.7 Å². The van der Waals surface area contributed by atoms with Crippen LogP contribution >= 0.6 is 11.3 Å². The van der Waals surface area contributed by atoms with Gasteiger partial charge in [0.1, 0.15) is 0 Å². The van der Waals surface area contributed by atoms with Gasteiger partial charge >= 0.3 is 0 Å². The zero-order valence-corrected chi connectivity index (χ0v) is 10.6. The van der Waals surface area contributed by atoms with E-state index in [9.17, 15) is 9.90 Å². The molecule has 3 nitrogen and oxygen atoms in total. The molecule has 0 aliphatic carbocycles. The van der Waals surface area contributed by atoms with Crippen LogP contribution < -0.4 is 4.74 Å². The Bertz CT molecular complexity index is 571. The molecule has 0 spiro atoms. The second-order valence-corrected chi connectivity index (χ2v) is 4.42. The summed E-state index contributed by atoms with van der Waals surface area (Å²) in [5.74, 6) is 0.195. The molecule has 4 heteroatoms. The monoisotopic (exact) mass is 260 g/mol. The molecule has 0 unspecified atom stereocenters. The first-order chi connectivity index (χ1) is 8.70. The van der Waals surface area contributed by atoms with Crippen molar-refractivity contribution in [3.63, 3.8) is 0 Å². The van der Waals surface area contributed by atoms with Gasteiger partial charge in [0, 0.05) is 5.56 Å². The first-order valence-electron chi connectivity index (χ1n) is 5.32. The normalized spacial score (nSPS) is 10.7. The Labute approximate surface area is 109 Å². The van der Waals surface area contributed by atoms with Crippen molar-refractivity contribution in [3.8, 4) is 11.5 Å². The van der Waals surface area contributed by atoms with Gasteiger partial charge in [0.15, 0.2) is 17.3 Å². The highest BCUT2D eigenvalue weighted by Crippen LogP contribution is 2.26. The zero-order chi connectivity index (χ0) is 13.0. The summed E-state index contributed by atoms with van der Waals surface area (Å²) in [6, 6.07) is 6.48. The highest BCUT2D eigenvalue weighted by Gasteiger charge is 2.07. The third kappa shape index (κ3) is 2.78. The molecule has 0 fully saturated rings. The maximum Gasteiger partial charge on any atom is 0.185 e. The zero-order valence-electron chi connectivity index (χ0n) is 9.79. The van der Waals surface area contributed by atoms with E-state index in [1.165, 1.54) is 25.3 Å². The van der Waals surface area contributed by atoms with Crippen LogP contribution in [0.4, 0.5) is 0 Å². The maximum atomic E-state index is 11.9. The number of ether oxygens (including phenoxy) is 1.